The summed E-state index contributed by atoms with van der Waals surface area (Å²) in [6.07, 6.45) is 21.6. The zero-order valence-corrected chi connectivity index (χ0v) is 18.2. The summed E-state index contributed by atoms with van der Waals surface area (Å²) in [4.78, 5) is 36.2. The van der Waals surface area contributed by atoms with Crippen molar-refractivity contribution in [3.63, 3.8) is 0 Å². The van der Waals surface area contributed by atoms with Gasteiger partial charge < -0.3 is 5.11 Å². The summed E-state index contributed by atoms with van der Waals surface area (Å²) in [5.74, 6) is -1.31. The molecule has 1 rings (SSSR count). The van der Waals surface area contributed by atoms with Crippen molar-refractivity contribution in [1.29, 1.82) is 0 Å². The van der Waals surface area contributed by atoms with E-state index in [0.717, 1.165) is 25.5 Å². The fourth-order valence-corrected chi connectivity index (χ4v) is 3.66. The van der Waals surface area contributed by atoms with Crippen LogP contribution in [0.1, 0.15) is 120 Å². The van der Waals surface area contributed by atoms with Crippen LogP contribution in [0, 0.1) is 0 Å². The lowest BCUT2D eigenvalue weighted by Crippen LogP contribution is -2.33. The molecule has 1 aromatic heterocycles. The number of aromatic carboxylic acids is 1. The number of carbonyl (C=O) groups is 1. The van der Waals surface area contributed by atoms with Gasteiger partial charge in [-0.05, 0) is 6.42 Å². The number of hydrogen-bond donors (Lipinski definition) is 2. The van der Waals surface area contributed by atoms with E-state index in [1.54, 1.807) is 0 Å². The van der Waals surface area contributed by atoms with Crippen LogP contribution in [0.5, 0.6) is 0 Å². The van der Waals surface area contributed by atoms with Crippen LogP contribution in [-0.4, -0.2) is 20.6 Å². The maximum Gasteiger partial charge on any atom is 0.342 e. The first-order valence-corrected chi connectivity index (χ1v) is 11.6. The average molecular weight is 409 g/mol. The van der Waals surface area contributed by atoms with Crippen LogP contribution in [0.4, 0.5) is 0 Å². The van der Waals surface area contributed by atoms with Gasteiger partial charge in [0.25, 0.3) is 5.56 Å². The van der Waals surface area contributed by atoms with Gasteiger partial charge in [0.05, 0.1) is 0 Å². The SMILES string of the molecule is CCCCCCCCCCCCCCCCCCn1cc(C(=O)O)c(=O)[nH]c1=O. The summed E-state index contributed by atoms with van der Waals surface area (Å²) in [5.41, 5.74) is -1.77. The molecule has 0 unspecified atom stereocenters. The van der Waals surface area contributed by atoms with Crippen molar-refractivity contribution in [2.45, 2.75) is 116 Å². The zero-order valence-electron chi connectivity index (χ0n) is 18.2. The van der Waals surface area contributed by atoms with Crippen LogP contribution in [0.2, 0.25) is 0 Å². The van der Waals surface area contributed by atoms with Crippen molar-refractivity contribution in [2.75, 3.05) is 0 Å². The monoisotopic (exact) mass is 408 g/mol. The van der Waals surface area contributed by atoms with E-state index in [1.807, 2.05) is 0 Å². The number of aryl methyl sites for hydroxylation is 1. The summed E-state index contributed by atoms with van der Waals surface area (Å²) < 4.78 is 1.29. The molecule has 0 fully saturated rings. The number of carboxylic acids is 1. The van der Waals surface area contributed by atoms with E-state index in [0.29, 0.717) is 6.54 Å². The minimum atomic E-state index is -1.31. The lowest BCUT2D eigenvalue weighted by Gasteiger charge is -2.06. The smallest absolute Gasteiger partial charge is 0.342 e. The molecule has 2 N–H and O–H groups in total. The molecule has 0 saturated heterocycles. The minimum Gasteiger partial charge on any atom is -0.477 e. The van der Waals surface area contributed by atoms with Gasteiger partial charge >= 0.3 is 11.7 Å². The summed E-state index contributed by atoms with van der Waals surface area (Å²) in [7, 11) is 0. The highest BCUT2D eigenvalue weighted by atomic mass is 16.4. The Balaban J connectivity index is 1.97. The first-order valence-electron chi connectivity index (χ1n) is 11.6. The molecule has 0 aliphatic rings. The summed E-state index contributed by atoms with van der Waals surface area (Å²) in [6, 6.07) is 0. The molecular weight excluding hydrogens is 368 g/mol. The third kappa shape index (κ3) is 11.7. The predicted octanol–water partition coefficient (Wildman–Crippen LogP) is 5.50. The Morgan fingerprint density at radius 1 is 0.793 bits per heavy atom. The van der Waals surface area contributed by atoms with Gasteiger partial charge in [-0.25, -0.2) is 9.59 Å². The van der Waals surface area contributed by atoms with E-state index in [4.69, 9.17) is 5.11 Å². The van der Waals surface area contributed by atoms with E-state index >= 15 is 0 Å². The van der Waals surface area contributed by atoms with E-state index in [-0.39, 0.29) is 5.56 Å². The number of aromatic nitrogens is 2. The van der Waals surface area contributed by atoms with Gasteiger partial charge in [-0.15, -0.1) is 0 Å². The topological polar surface area (TPSA) is 92.2 Å². The lowest BCUT2D eigenvalue weighted by atomic mass is 10.0. The van der Waals surface area contributed by atoms with Gasteiger partial charge in [0, 0.05) is 12.7 Å². The molecule has 0 aliphatic carbocycles. The Hall–Kier alpha value is -1.85. The molecule has 1 aromatic rings. The average Bonchev–Trinajstić information content (AvgIpc) is 2.68. The molecular formula is C23H40N2O4. The molecule has 0 spiro atoms. The summed E-state index contributed by atoms with van der Waals surface area (Å²) in [6.45, 7) is 2.70. The molecule has 6 heteroatoms. The molecule has 0 bridgehead atoms. The van der Waals surface area contributed by atoms with Gasteiger partial charge in [-0.1, -0.05) is 103 Å². The van der Waals surface area contributed by atoms with E-state index in [1.165, 1.54) is 88.0 Å². The van der Waals surface area contributed by atoms with E-state index < -0.39 is 17.2 Å². The van der Waals surface area contributed by atoms with Gasteiger partial charge in [-0.2, -0.15) is 0 Å². The molecule has 6 nitrogen and oxygen atoms in total. The number of aromatic amines is 1. The fourth-order valence-electron chi connectivity index (χ4n) is 3.66. The Morgan fingerprint density at radius 3 is 1.62 bits per heavy atom. The number of nitrogens with zero attached hydrogens (tertiary/aromatic N) is 1. The lowest BCUT2D eigenvalue weighted by molar-refractivity contribution is 0.0693. The maximum atomic E-state index is 11.7. The van der Waals surface area contributed by atoms with Crippen molar-refractivity contribution < 1.29 is 9.90 Å². The van der Waals surface area contributed by atoms with Crippen molar-refractivity contribution in [3.05, 3.63) is 32.6 Å². The van der Waals surface area contributed by atoms with Crippen molar-refractivity contribution in [3.8, 4) is 0 Å². The van der Waals surface area contributed by atoms with E-state index in [2.05, 4.69) is 11.9 Å². The van der Waals surface area contributed by atoms with Crippen molar-refractivity contribution in [2.24, 2.45) is 0 Å². The fraction of sp³-hybridized carbons (Fsp3) is 0.783. The Labute approximate surface area is 174 Å². The van der Waals surface area contributed by atoms with Gasteiger partial charge in [-0.3, -0.25) is 14.3 Å². The molecule has 0 atom stereocenters. The van der Waals surface area contributed by atoms with Crippen molar-refractivity contribution in [1.82, 2.24) is 9.55 Å². The molecule has 0 aliphatic heterocycles. The molecule has 0 radical (unpaired) electrons. The minimum absolute atomic E-state index is 0.388. The van der Waals surface area contributed by atoms with Gasteiger partial charge in [0.1, 0.15) is 5.56 Å². The molecule has 0 aromatic carbocycles. The Bertz CT molecular complexity index is 678. The number of nitrogens with one attached hydrogen (secondary N) is 1. The first-order chi connectivity index (χ1) is 14.1. The summed E-state index contributed by atoms with van der Waals surface area (Å²) in [5, 5.41) is 8.96. The standard InChI is InChI=1S/C23H40N2O4/c1-2-3-4-5-6-7-8-9-10-11-12-13-14-15-16-17-18-25-19-20(22(27)28)21(26)24-23(25)29/h19H,2-18H2,1H3,(H,27,28)(H,24,26,29). The third-order valence-electron chi connectivity index (χ3n) is 5.49. The first kappa shape index (κ1) is 25.2. The maximum absolute atomic E-state index is 11.7. The second kappa shape index (κ2) is 16.0. The molecule has 29 heavy (non-hydrogen) atoms. The number of hydrogen-bond acceptors (Lipinski definition) is 3. The normalized spacial score (nSPS) is 11.1. The molecule has 166 valence electrons. The highest BCUT2D eigenvalue weighted by Crippen LogP contribution is 2.13. The Morgan fingerprint density at radius 2 is 1.21 bits per heavy atom. The number of unbranched alkanes of at least 4 members (excludes halogenated alkanes) is 15. The molecule has 0 amide bonds. The van der Waals surface area contributed by atoms with Gasteiger partial charge in [0.15, 0.2) is 0 Å². The van der Waals surface area contributed by atoms with Crippen LogP contribution in [0.3, 0.4) is 0 Å². The van der Waals surface area contributed by atoms with Crippen LogP contribution in [0.25, 0.3) is 0 Å². The quantitative estimate of drug-likeness (QED) is 0.314. The number of carboxylic acid groups (broad SMARTS) is 1. The van der Waals surface area contributed by atoms with Crippen LogP contribution >= 0.6 is 0 Å². The Kier molecular flexibility index (Phi) is 13.9. The van der Waals surface area contributed by atoms with Crippen LogP contribution in [-0.2, 0) is 6.54 Å². The van der Waals surface area contributed by atoms with Crippen LogP contribution in [0.15, 0.2) is 15.8 Å². The summed E-state index contributed by atoms with van der Waals surface area (Å²) >= 11 is 0. The number of H-pyrrole nitrogens is 1. The third-order valence-corrected chi connectivity index (χ3v) is 5.49. The van der Waals surface area contributed by atoms with E-state index in [9.17, 15) is 14.4 Å². The second-order valence-corrected chi connectivity index (χ2v) is 8.10. The molecule has 1 heterocycles. The highest BCUT2D eigenvalue weighted by Gasteiger charge is 2.11. The van der Waals surface area contributed by atoms with Crippen LogP contribution < -0.4 is 11.2 Å². The van der Waals surface area contributed by atoms with Gasteiger partial charge in [0.2, 0.25) is 0 Å². The second-order valence-electron chi connectivity index (χ2n) is 8.10. The predicted molar refractivity (Wildman–Crippen MR) is 118 cm³/mol. The molecule has 0 saturated carbocycles. The van der Waals surface area contributed by atoms with Crippen molar-refractivity contribution >= 4 is 5.97 Å². The number of rotatable bonds is 18. The largest absolute Gasteiger partial charge is 0.477 e. The zero-order chi connectivity index (χ0) is 21.3. The highest BCUT2D eigenvalue weighted by molar-refractivity contribution is 5.86.